The van der Waals surface area contributed by atoms with Crippen LogP contribution in [-0.2, 0) is 0 Å². The van der Waals surface area contributed by atoms with E-state index in [1.165, 1.54) is 315 Å². The molecular weight excluding hydrogens is 649 g/mol. The second kappa shape index (κ2) is 51.0. The predicted molar refractivity (Wildman–Crippen MR) is 251 cm³/mol. The summed E-state index contributed by atoms with van der Waals surface area (Å²) in [4.78, 5) is 0. The van der Waals surface area contributed by atoms with Crippen LogP contribution in [0.3, 0.4) is 0 Å². The van der Waals surface area contributed by atoms with Gasteiger partial charge in [0.2, 0.25) is 0 Å². The summed E-state index contributed by atoms with van der Waals surface area (Å²) in [5.41, 5.74) is 0. The third-order valence-corrected chi connectivity index (χ3v) is 13.0. The first kappa shape index (κ1) is 54.0. The Kier molecular flexibility index (Phi) is 51.0. The molecule has 0 heterocycles. The van der Waals surface area contributed by atoms with Gasteiger partial charge in [-0.25, -0.2) is 0 Å². The molecule has 0 aromatic heterocycles. The molecule has 0 rings (SSSR count). The van der Waals surface area contributed by atoms with Gasteiger partial charge in [0.15, 0.2) is 0 Å². The Balaban J connectivity index is 3.30. The molecular formula is C54H109. The minimum Gasteiger partial charge on any atom is -0.0654 e. The van der Waals surface area contributed by atoms with E-state index >= 15 is 0 Å². The van der Waals surface area contributed by atoms with Crippen molar-refractivity contribution in [3.8, 4) is 0 Å². The van der Waals surface area contributed by atoms with Gasteiger partial charge in [0, 0.05) is 0 Å². The Labute approximate surface area is 346 Å². The van der Waals surface area contributed by atoms with Crippen LogP contribution < -0.4 is 0 Å². The van der Waals surface area contributed by atoms with Gasteiger partial charge in [-0.05, 0) is 5.92 Å². The lowest BCUT2D eigenvalue weighted by Crippen LogP contribution is -2.00. The predicted octanol–water partition coefficient (Wildman–Crippen LogP) is 21.0. The first-order valence-corrected chi connectivity index (χ1v) is 26.6. The quantitative estimate of drug-likeness (QED) is 0.0542. The zero-order valence-corrected chi connectivity index (χ0v) is 38.6. The number of hydrogen-bond acceptors (Lipinski definition) is 0. The fourth-order valence-corrected chi connectivity index (χ4v) is 9.16. The highest BCUT2D eigenvalue weighted by atomic mass is 14.1. The van der Waals surface area contributed by atoms with Crippen LogP contribution in [0.1, 0.15) is 335 Å². The van der Waals surface area contributed by atoms with Gasteiger partial charge < -0.3 is 0 Å². The topological polar surface area (TPSA) is 0 Å². The first-order chi connectivity index (χ1) is 26.8. The van der Waals surface area contributed by atoms with Crippen molar-refractivity contribution in [3.63, 3.8) is 0 Å². The van der Waals surface area contributed by atoms with Crippen molar-refractivity contribution in [2.24, 2.45) is 5.92 Å². The Hall–Kier alpha value is 0. The largest absolute Gasteiger partial charge is 0.0654 e. The molecule has 0 saturated heterocycles. The van der Waals surface area contributed by atoms with Crippen molar-refractivity contribution in [2.75, 3.05) is 0 Å². The third-order valence-electron chi connectivity index (χ3n) is 13.0. The fraction of sp³-hybridized carbons (Fsp3) is 0.981. The summed E-state index contributed by atoms with van der Waals surface area (Å²) >= 11 is 0. The molecule has 0 saturated carbocycles. The Morgan fingerprint density at radius 3 is 0.500 bits per heavy atom. The number of rotatable bonds is 50. The average molecular weight is 758 g/mol. The maximum Gasteiger partial charge on any atom is -0.0414 e. The monoisotopic (exact) mass is 758 g/mol. The van der Waals surface area contributed by atoms with Gasteiger partial charge in [-0.3, -0.25) is 0 Å². The van der Waals surface area contributed by atoms with E-state index in [9.17, 15) is 0 Å². The van der Waals surface area contributed by atoms with Gasteiger partial charge in [-0.1, -0.05) is 342 Å². The number of hydrogen-bond donors (Lipinski definition) is 0. The van der Waals surface area contributed by atoms with E-state index in [4.69, 9.17) is 0 Å². The van der Waals surface area contributed by atoms with Crippen LogP contribution in [0, 0.1) is 12.8 Å². The highest BCUT2D eigenvalue weighted by Gasteiger charge is 2.08. The standard InChI is InChI=1S/C54H109/c1-4-7-9-11-13-15-17-19-21-23-25-27-29-30-32-34-36-38-40-42-44-46-48-50-53-54(51-6-3)52-49-47-45-43-41-39-37-35-33-31-28-26-24-22-20-18-16-14-12-10-8-5-2/h54H,3-53H2,1-2H3. The highest BCUT2D eigenvalue weighted by Crippen LogP contribution is 2.24. The zero-order chi connectivity index (χ0) is 38.9. The second-order valence-electron chi connectivity index (χ2n) is 18.6. The summed E-state index contributed by atoms with van der Waals surface area (Å²) in [6.07, 6.45) is 73.5. The van der Waals surface area contributed by atoms with Gasteiger partial charge in [-0.15, -0.1) is 0 Å². The van der Waals surface area contributed by atoms with Crippen molar-refractivity contribution in [2.45, 2.75) is 335 Å². The summed E-state index contributed by atoms with van der Waals surface area (Å²) in [5, 5.41) is 0. The Morgan fingerprint density at radius 2 is 0.352 bits per heavy atom. The van der Waals surface area contributed by atoms with Crippen LogP contribution in [0.15, 0.2) is 0 Å². The third kappa shape index (κ3) is 48.1. The zero-order valence-electron chi connectivity index (χ0n) is 38.6. The van der Waals surface area contributed by atoms with E-state index in [0.717, 1.165) is 12.3 Å². The Bertz CT molecular complexity index is 607. The van der Waals surface area contributed by atoms with Crippen LogP contribution in [0.5, 0.6) is 0 Å². The summed E-state index contributed by atoms with van der Waals surface area (Å²) in [6.45, 7) is 8.83. The fourth-order valence-electron chi connectivity index (χ4n) is 9.16. The average Bonchev–Trinajstić information content (AvgIpc) is 3.18. The van der Waals surface area contributed by atoms with Crippen molar-refractivity contribution in [1.29, 1.82) is 0 Å². The summed E-state index contributed by atoms with van der Waals surface area (Å²) in [6, 6.07) is 0. The van der Waals surface area contributed by atoms with Gasteiger partial charge in [0.25, 0.3) is 0 Å². The van der Waals surface area contributed by atoms with Crippen LogP contribution in [-0.4, -0.2) is 0 Å². The smallest absolute Gasteiger partial charge is 0.0414 e. The number of unbranched alkanes of at least 4 members (excludes halogenated alkanes) is 44. The molecule has 0 aromatic rings. The van der Waals surface area contributed by atoms with Crippen LogP contribution in [0.4, 0.5) is 0 Å². The molecule has 0 N–H and O–H groups in total. The first-order valence-electron chi connectivity index (χ1n) is 26.6. The van der Waals surface area contributed by atoms with E-state index in [0.29, 0.717) is 0 Å². The van der Waals surface area contributed by atoms with Gasteiger partial charge >= 0.3 is 0 Å². The van der Waals surface area contributed by atoms with Crippen molar-refractivity contribution >= 4 is 0 Å². The van der Waals surface area contributed by atoms with Crippen molar-refractivity contribution < 1.29 is 0 Å². The Morgan fingerprint density at radius 1 is 0.204 bits per heavy atom. The molecule has 1 atom stereocenters. The van der Waals surface area contributed by atoms with E-state index in [2.05, 4.69) is 20.8 Å². The molecule has 0 spiro atoms. The van der Waals surface area contributed by atoms with Crippen LogP contribution in [0.2, 0.25) is 0 Å². The van der Waals surface area contributed by atoms with Gasteiger partial charge in [0.05, 0.1) is 0 Å². The molecule has 0 aliphatic rings. The lowest BCUT2D eigenvalue weighted by Gasteiger charge is -2.16. The normalized spacial score (nSPS) is 12.3. The summed E-state index contributed by atoms with van der Waals surface area (Å²) in [7, 11) is 0. The molecule has 0 fully saturated rings. The van der Waals surface area contributed by atoms with Crippen molar-refractivity contribution in [1.82, 2.24) is 0 Å². The van der Waals surface area contributed by atoms with Gasteiger partial charge in [0.1, 0.15) is 0 Å². The molecule has 325 valence electrons. The van der Waals surface area contributed by atoms with Gasteiger partial charge in [-0.2, -0.15) is 0 Å². The molecule has 54 heavy (non-hydrogen) atoms. The van der Waals surface area contributed by atoms with E-state index in [1.807, 2.05) is 0 Å². The minimum atomic E-state index is 0.965. The van der Waals surface area contributed by atoms with Crippen LogP contribution in [0.25, 0.3) is 0 Å². The molecule has 0 heteroatoms. The molecule has 0 aromatic carbocycles. The summed E-state index contributed by atoms with van der Waals surface area (Å²) in [5.74, 6) is 0.965. The molecule has 0 bridgehead atoms. The summed E-state index contributed by atoms with van der Waals surface area (Å²) < 4.78 is 0. The molecule has 1 unspecified atom stereocenters. The molecule has 0 nitrogen and oxygen atoms in total. The maximum atomic E-state index is 4.21. The maximum absolute atomic E-state index is 4.21. The lowest BCUT2D eigenvalue weighted by atomic mass is 9.90. The molecule has 1 radical (unpaired) electrons. The van der Waals surface area contributed by atoms with Crippen LogP contribution >= 0.6 is 0 Å². The SMILES string of the molecule is [CH2]CCC(CCCCCCCCCCCCCCCCCCCCCCCC)CCCCCCCCCCCCCCCCCCCCCCCCCC. The molecule has 0 amide bonds. The van der Waals surface area contributed by atoms with Crippen molar-refractivity contribution in [3.05, 3.63) is 6.92 Å². The highest BCUT2D eigenvalue weighted by molar-refractivity contribution is 4.62. The second-order valence-corrected chi connectivity index (χ2v) is 18.6. The van der Waals surface area contributed by atoms with E-state index in [-0.39, 0.29) is 0 Å². The molecule has 0 aliphatic carbocycles. The lowest BCUT2D eigenvalue weighted by molar-refractivity contribution is 0.381. The van der Waals surface area contributed by atoms with E-state index < -0.39 is 0 Å². The minimum absolute atomic E-state index is 0.965. The molecule has 0 aliphatic heterocycles. The van der Waals surface area contributed by atoms with E-state index in [1.54, 1.807) is 0 Å².